The maximum Gasteiger partial charge on any atom is 0.416 e. The Morgan fingerprint density at radius 1 is 1.23 bits per heavy atom. The number of carbonyl (C=O) groups is 1. The number of alkyl halides is 3. The molecular formula is C18H19F3N4O4S. The number of carbonyl (C=O) groups excluding carboxylic acids is 1. The van der Waals surface area contributed by atoms with Crippen molar-refractivity contribution in [3.8, 4) is 0 Å². The smallest absolute Gasteiger partial charge is 0.362 e. The molecule has 0 unspecified atom stereocenters. The van der Waals surface area contributed by atoms with Crippen LogP contribution >= 0.6 is 11.3 Å². The highest BCUT2D eigenvalue weighted by Crippen LogP contribution is 2.36. The third-order valence-electron chi connectivity index (χ3n) is 5.00. The molecule has 1 fully saturated rings. The molecule has 0 saturated carbocycles. The van der Waals surface area contributed by atoms with E-state index in [1.807, 2.05) is 0 Å². The summed E-state index contributed by atoms with van der Waals surface area (Å²) < 4.78 is 40.1. The summed E-state index contributed by atoms with van der Waals surface area (Å²) in [6, 6.07) is 2.46. The van der Waals surface area contributed by atoms with Crippen LogP contribution in [-0.2, 0) is 17.5 Å². The van der Waals surface area contributed by atoms with E-state index in [0.29, 0.717) is 6.07 Å². The van der Waals surface area contributed by atoms with Gasteiger partial charge in [-0.25, -0.2) is 0 Å². The molecule has 8 nitrogen and oxygen atoms in total. The van der Waals surface area contributed by atoms with Gasteiger partial charge in [0.15, 0.2) is 0 Å². The van der Waals surface area contributed by atoms with Gasteiger partial charge in [0, 0.05) is 56.3 Å². The fourth-order valence-electron chi connectivity index (χ4n) is 3.35. The second kappa shape index (κ2) is 8.46. The van der Waals surface area contributed by atoms with Crippen LogP contribution < -0.4 is 9.77 Å². The van der Waals surface area contributed by atoms with Gasteiger partial charge in [-0.05, 0) is 19.1 Å². The van der Waals surface area contributed by atoms with Gasteiger partial charge < -0.3 is 14.4 Å². The van der Waals surface area contributed by atoms with Crippen LogP contribution in [-0.4, -0.2) is 46.5 Å². The molecule has 2 heterocycles. The van der Waals surface area contributed by atoms with Gasteiger partial charge in [-0.15, -0.1) is 0 Å². The number of piperazine rings is 1. The van der Waals surface area contributed by atoms with Gasteiger partial charge >= 0.3 is 11.0 Å². The third kappa shape index (κ3) is 4.64. The molecule has 0 radical (unpaired) electrons. The lowest BCUT2D eigenvalue weighted by Crippen LogP contribution is -2.49. The summed E-state index contributed by atoms with van der Waals surface area (Å²) in [5.74, 6) is -0.144. The van der Waals surface area contributed by atoms with Gasteiger partial charge in [-0.1, -0.05) is 11.3 Å². The number of hydrogen-bond donors (Lipinski definition) is 0. The van der Waals surface area contributed by atoms with Crippen molar-refractivity contribution in [3.63, 3.8) is 0 Å². The van der Waals surface area contributed by atoms with Crippen LogP contribution in [0.25, 0.3) is 0 Å². The summed E-state index contributed by atoms with van der Waals surface area (Å²) in [5.41, 5.74) is -0.805. The van der Waals surface area contributed by atoms with Gasteiger partial charge in [-0.2, -0.15) is 13.2 Å². The summed E-state index contributed by atoms with van der Waals surface area (Å²) in [4.78, 5) is 37.7. The Balaban J connectivity index is 1.64. The Hall–Kier alpha value is -2.89. The zero-order valence-corrected chi connectivity index (χ0v) is 16.8. The zero-order valence-electron chi connectivity index (χ0n) is 16.0. The molecule has 2 aromatic rings. The first-order valence-electron chi connectivity index (χ1n) is 9.11. The van der Waals surface area contributed by atoms with Gasteiger partial charge in [0.2, 0.25) is 5.91 Å². The van der Waals surface area contributed by atoms with E-state index in [4.69, 9.17) is 0 Å². The van der Waals surface area contributed by atoms with Crippen molar-refractivity contribution >= 4 is 28.6 Å². The molecule has 1 aliphatic heterocycles. The van der Waals surface area contributed by atoms with Crippen LogP contribution in [0.5, 0.6) is 0 Å². The summed E-state index contributed by atoms with van der Waals surface area (Å²) in [7, 11) is 0. The van der Waals surface area contributed by atoms with Crippen LogP contribution in [0.15, 0.2) is 28.4 Å². The number of nitro benzene ring substituents is 1. The summed E-state index contributed by atoms with van der Waals surface area (Å²) in [5, 5.41) is 13.0. The standard InChI is InChI=1S/C18H19F3N4O4S/c1-12-11-30-17(27)24(12)5-4-16(26)23-8-6-22(7-9-23)14-3-2-13(18(19,20)21)10-15(14)25(28)29/h2-3,10-11H,4-9H2,1H3. The largest absolute Gasteiger partial charge is 0.416 e. The van der Waals surface area contributed by atoms with Crippen LogP contribution in [0.2, 0.25) is 0 Å². The number of anilines is 1. The lowest BCUT2D eigenvalue weighted by Gasteiger charge is -2.36. The van der Waals surface area contributed by atoms with Gasteiger partial charge in [0.05, 0.1) is 10.5 Å². The zero-order chi connectivity index (χ0) is 22.1. The molecule has 30 heavy (non-hydrogen) atoms. The van der Waals surface area contributed by atoms with E-state index in [1.165, 1.54) is 4.57 Å². The van der Waals surface area contributed by atoms with Gasteiger partial charge in [0.1, 0.15) is 5.69 Å². The summed E-state index contributed by atoms with van der Waals surface area (Å²) >= 11 is 1.07. The van der Waals surface area contributed by atoms with Crippen molar-refractivity contribution in [2.45, 2.75) is 26.1 Å². The van der Waals surface area contributed by atoms with Crippen LogP contribution in [0.1, 0.15) is 17.7 Å². The average molecular weight is 444 g/mol. The second-order valence-electron chi connectivity index (χ2n) is 6.87. The van der Waals surface area contributed by atoms with Crippen molar-refractivity contribution in [2.24, 2.45) is 0 Å². The summed E-state index contributed by atoms with van der Waals surface area (Å²) in [6.45, 7) is 3.16. The Bertz CT molecular complexity index is 1010. The topological polar surface area (TPSA) is 88.7 Å². The van der Waals surface area contributed by atoms with E-state index >= 15 is 0 Å². The number of rotatable bonds is 5. The van der Waals surface area contributed by atoms with Crippen LogP contribution in [0, 0.1) is 17.0 Å². The minimum atomic E-state index is -4.67. The lowest BCUT2D eigenvalue weighted by atomic mass is 10.1. The molecule has 1 amide bonds. The first-order valence-corrected chi connectivity index (χ1v) is 9.99. The highest BCUT2D eigenvalue weighted by Gasteiger charge is 2.34. The van der Waals surface area contributed by atoms with Gasteiger partial charge in [0.25, 0.3) is 5.69 Å². The first-order chi connectivity index (χ1) is 14.1. The summed E-state index contributed by atoms with van der Waals surface area (Å²) in [6.07, 6.45) is -4.52. The number of thiazole rings is 1. The maximum atomic E-state index is 12.9. The molecule has 1 aromatic heterocycles. The molecule has 3 rings (SSSR count). The predicted octanol–water partition coefficient (Wildman–Crippen LogP) is 2.88. The van der Waals surface area contributed by atoms with Gasteiger partial charge in [-0.3, -0.25) is 19.7 Å². The number of aryl methyl sites for hydroxylation is 1. The number of amides is 1. The van der Waals surface area contributed by atoms with Crippen molar-refractivity contribution in [1.29, 1.82) is 0 Å². The van der Waals surface area contributed by atoms with E-state index in [-0.39, 0.29) is 55.6 Å². The molecule has 0 aliphatic carbocycles. The van der Waals surface area contributed by atoms with E-state index in [2.05, 4.69) is 0 Å². The molecule has 1 aliphatic rings. The Morgan fingerprint density at radius 2 is 1.90 bits per heavy atom. The number of aromatic nitrogens is 1. The van der Waals surface area contributed by atoms with E-state index in [9.17, 15) is 32.9 Å². The Morgan fingerprint density at radius 3 is 2.43 bits per heavy atom. The van der Waals surface area contributed by atoms with Crippen molar-refractivity contribution < 1.29 is 22.9 Å². The van der Waals surface area contributed by atoms with E-state index < -0.39 is 22.4 Å². The Labute approximate surface area is 173 Å². The Kier molecular flexibility index (Phi) is 6.15. The number of nitro groups is 1. The number of nitrogens with zero attached hydrogens (tertiary/aromatic N) is 4. The molecule has 1 aromatic carbocycles. The van der Waals surface area contributed by atoms with Crippen molar-refractivity contribution in [3.05, 3.63) is 54.6 Å². The molecular weight excluding hydrogens is 425 g/mol. The molecule has 0 spiro atoms. The number of benzene rings is 1. The van der Waals surface area contributed by atoms with Crippen LogP contribution in [0.3, 0.4) is 0 Å². The number of hydrogen-bond acceptors (Lipinski definition) is 6. The highest BCUT2D eigenvalue weighted by molar-refractivity contribution is 7.07. The fraction of sp³-hybridized carbons (Fsp3) is 0.444. The molecule has 162 valence electrons. The first kappa shape index (κ1) is 21.8. The number of halogens is 3. The minimum absolute atomic E-state index is 0.0977. The van der Waals surface area contributed by atoms with Crippen molar-refractivity contribution in [2.75, 3.05) is 31.1 Å². The SMILES string of the molecule is Cc1csc(=O)n1CCC(=O)N1CCN(c2ccc(C(F)(F)F)cc2[N+](=O)[O-])CC1. The second-order valence-corrected chi connectivity index (χ2v) is 7.69. The normalized spacial score (nSPS) is 14.8. The van der Waals surface area contributed by atoms with Crippen molar-refractivity contribution in [1.82, 2.24) is 9.47 Å². The molecule has 0 atom stereocenters. The molecule has 0 bridgehead atoms. The monoisotopic (exact) mass is 444 g/mol. The molecule has 1 saturated heterocycles. The minimum Gasteiger partial charge on any atom is -0.362 e. The molecule has 12 heteroatoms. The third-order valence-corrected chi connectivity index (χ3v) is 5.88. The predicted molar refractivity (Wildman–Crippen MR) is 105 cm³/mol. The lowest BCUT2D eigenvalue weighted by molar-refractivity contribution is -0.384. The van der Waals surface area contributed by atoms with Crippen LogP contribution in [0.4, 0.5) is 24.5 Å². The highest BCUT2D eigenvalue weighted by atomic mass is 32.1. The van der Waals surface area contributed by atoms with E-state index in [1.54, 1.807) is 22.1 Å². The quantitative estimate of drug-likeness (QED) is 0.523. The molecule has 0 N–H and O–H groups in total. The van der Waals surface area contributed by atoms with E-state index in [0.717, 1.165) is 29.2 Å². The average Bonchev–Trinajstić information content (AvgIpc) is 3.02. The maximum absolute atomic E-state index is 12.9. The fourth-order valence-corrected chi connectivity index (χ4v) is 4.11.